The zero-order chi connectivity index (χ0) is 34.3. The minimum atomic E-state index is -4.85. The van der Waals surface area contributed by atoms with Crippen LogP contribution in [0.5, 0.6) is 57.5 Å². The number of amides is 1. The van der Waals surface area contributed by atoms with Gasteiger partial charge < -0.3 is 52.1 Å². The number of aromatic hydroxyl groups is 2. The average Bonchev–Trinajstić information content (AvgIpc) is 3.63. The summed E-state index contributed by atoms with van der Waals surface area (Å²) >= 11 is 0. The highest BCUT2D eigenvalue weighted by Gasteiger charge is 2.68. The molecule has 3 N–H and O–H groups in total. The molecule has 0 fully saturated rings. The number of benzene rings is 4. The summed E-state index contributed by atoms with van der Waals surface area (Å²) in [5.74, 6) is -23.3. The summed E-state index contributed by atoms with van der Waals surface area (Å²) in [6.45, 7) is 0. The fourth-order valence-corrected chi connectivity index (χ4v) is 9.03. The van der Waals surface area contributed by atoms with Crippen LogP contribution in [0.2, 0.25) is 0 Å². The molecule has 10 rings (SSSR count). The fraction of sp³-hybridized carbons (Fsp3) is 0.0370. The zero-order valence-electron chi connectivity index (χ0n) is 22.8. The highest BCUT2D eigenvalue weighted by Crippen LogP contribution is 2.80. The van der Waals surface area contributed by atoms with E-state index in [0.717, 1.165) is 0 Å². The number of fused-ring (bicyclic) bond motifs is 6. The van der Waals surface area contributed by atoms with Crippen molar-refractivity contribution in [2.75, 3.05) is 5.32 Å². The number of carbonyl (C=O) groups is 2. The highest BCUT2D eigenvalue weighted by molar-refractivity contribution is 7.50. The maximum Gasteiger partial charge on any atom is 0.647 e. The summed E-state index contributed by atoms with van der Waals surface area (Å²) < 4.78 is 143. The number of nitrogens with one attached hydrogen (secondary N) is 1. The number of halogens is 5. The van der Waals surface area contributed by atoms with Gasteiger partial charge in [-0.15, -0.1) is 0 Å². The Morgan fingerprint density at radius 2 is 1.20 bits per heavy atom. The summed E-state index contributed by atoms with van der Waals surface area (Å²) in [6.07, 6.45) is 0. The van der Waals surface area contributed by atoms with Gasteiger partial charge in [0, 0.05) is 0 Å². The van der Waals surface area contributed by atoms with Crippen molar-refractivity contribution in [1.29, 1.82) is 0 Å². The fourth-order valence-electron chi connectivity index (χ4n) is 6.44. The quantitative estimate of drug-likeness (QED) is 0.0531. The minimum Gasteiger partial charge on any atom is -0.503 e. The van der Waals surface area contributed by atoms with Crippen LogP contribution in [0.3, 0.4) is 0 Å². The van der Waals surface area contributed by atoms with Gasteiger partial charge in [-0.25, -0.2) is 26.7 Å². The molecule has 4 aromatic rings. The number of rotatable bonds is 2. The van der Waals surface area contributed by atoms with Gasteiger partial charge >= 0.3 is 21.6 Å². The molecule has 6 aliphatic heterocycles. The Morgan fingerprint density at radius 1 is 0.673 bits per heavy atom. The van der Waals surface area contributed by atoms with E-state index >= 15 is 0 Å². The summed E-state index contributed by atoms with van der Waals surface area (Å²) in [5, 5.41) is 24.1. The Bertz CT molecular complexity index is 2520. The van der Waals surface area contributed by atoms with Crippen LogP contribution in [-0.2, 0) is 19.5 Å². The SMILES string of the molecule is O=C1OC23c4c(cccc41)OP1(=O)Oc4c(O)c(NC(=O)c5c(F)c(F)c(F)c(F)c5F)c(c2c4O1)Oc1c2c(O)c4c(c13)OP(=O)(O2)O4. The molecule has 5 bridgehead atoms. The Morgan fingerprint density at radius 3 is 1.86 bits per heavy atom. The Balaban J connectivity index is 1.33. The van der Waals surface area contributed by atoms with Crippen LogP contribution in [-0.4, -0.2) is 22.1 Å². The number of phosphoric acid groups is 2. The van der Waals surface area contributed by atoms with Crippen molar-refractivity contribution in [3.05, 3.63) is 75.1 Å². The van der Waals surface area contributed by atoms with Gasteiger partial charge in [0.05, 0.1) is 22.3 Å². The maximum absolute atomic E-state index is 14.7. The molecule has 248 valence electrons. The first-order valence-corrected chi connectivity index (χ1v) is 16.2. The predicted octanol–water partition coefficient (Wildman–Crippen LogP) is 6.16. The van der Waals surface area contributed by atoms with E-state index in [1.54, 1.807) is 5.32 Å². The topological polar surface area (TPSA) is 195 Å². The predicted molar refractivity (Wildman–Crippen MR) is 141 cm³/mol. The van der Waals surface area contributed by atoms with Crippen LogP contribution in [0.4, 0.5) is 27.6 Å². The summed E-state index contributed by atoms with van der Waals surface area (Å²) in [7, 11) is -9.41. The van der Waals surface area contributed by atoms with E-state index in [-0.39, 0.29) is 11.1 Å². The number of phosphoric ester groups is 2. The largest absolute Gasteiger partial charge is 0.647 e. The number of hydrogen-bond donors (Lipinski definition) is 3. The van der Waals surface area contributed by atoms with E-state index in [2.05, 4.69) is 0 Å². The van der Waals surface area contributed by atoms with Crippen molar-refractivity contribution < 1.29 is 87.5 Å². The van der Waals surface area contributed by atoms with Crippen molar-refractivity contribution in [2.45, 2.75) is 5.60 Å². The number of phenols is 2. The Kier molecular flexibility index (Phi) is 4.72. The monoisotopic (exact) mass is 725 g/mol. The van der Waals surface area contributed by atoms with E-state index in [4.69, 9.17) is 36.6 Å². The van der Waals surface area contributed by atoms with Gasteiger partial charge in [-0.05, 0) is 12.1 Å². The van der Waals surface area contributed by atoms with Crippen molar-refractivity contribution in [1.82, 2.24) is 0 Å². The number of esters is 1. The summed E-state index contributed by atoms with van der Waals surface area (Å²) in [6, 6.07) is 3.76. The van der Waals surface area contributed by atoms with E-state index in [9.17, 15) is 50.9 Å². The number of hydrogen-bond acceptors (Lipinski definition) is 14. The number of anilines is 1. The number of ether oxygens (including phenoxy) is 2. The second kappa shape index (κ2) is 8.22. The van der Waals surface area contributed by atoms with Gasteiger partial charge in [0.15, 0.2) is 52.0 Å². The molecule has 0 aromatic heterocycles. The molecule has 3 atom stereocenters. The number of carbonyl (C=O) groups excluding carboxylic acids is 2. The van der Waals surface area contributed by atoms with Gasteiger partial charge in [-0.2, -0.15) is 9.13 Å². The molecular weight excluding hydrogens is 719 g/mol. The van der Waals surface area contributed by atoms with Crippen LogP contribution >= 0.6 is 15.6 Å². The Hall–Kier alpha value is -5.87. The lowest BCUT2D eigenvalue weighted by Crippen LogP contribution is -2.35. The van der Waals surface area contributed by atoms with E-state index in [0.29, 0.717) is 0 Å². The molecule has 0 aliphatic carbocycles. The Labute approximate surface area is 264 Å². The molecule has 4 aromatic carbocycles. The van der Waals surface area contributed by atoms with E-state index < -0.39 is 142 Å². The molecule has 3 unspecified atom stereocenters. The first-order chi connectivity index (χ1) is 23.2. The molecule has 6 aliphatic rings. The first-order valence-electron chi connectivity index (χ1n) is 13.3. The van der Waals surface area contributed by atoms with Crippen LogP contribution in [0, 0.1) is 29.1 Å². The highest BCUT2D eigenvalue weighted by atomic mass is 31.2. The summed E-state index contributed by atoms with van der Waals surface area (Å²) in [4.78, 5) is 26.9. The van der Waals surface area contributed by atoms with Crippen molar-refractivity contribution in [3.63, 3.8) is 0 Å². The molecule has 1 spiro atoms. The molecule has 6 heterocycles. The first kappa shape index (κ1) is 28.2. The summed E-state index contributed by atoms with van der Waals surface area (Å²) in [5.41, 5.74) is -7.08. The lowest BCUT2D eigenvalue weighted by atomic mass is 9.75. The molecule has 1 amide bonds. The van der Waals surface area contributed by atoms with E-state index in [1.165, 1.54) is 18.2 Å². The second-order valence-corrected chi connectivity index (χ2v) is 13.7. The molecule has 0 saturated carbocycles. The lowest BCUT2D eigenvalue weighted by Gasteiger charge is -2.38. The van der Waals surface area contributed by atoms with Crippen molar-refractivity contribution in [3.8, 4) is 57.5 Å². The van der Waals surface area contributed by atoms with Crippen LogP contribution in [0.15, 0.2) is 18.2 Å². The molecule has 22 heteroatoms. The average molecular weight is 725 g/mol. The van der Waals surface area contributed by atoms with Crippen molar-refractivity contribution in [2.24, 2.45) is 0 Å². The molecule has 49 heavy (non-hydrogen) atoms. The molecular formula is C27H6F5NO14P2. The van der Waals surface area contributed by atoms with Crippen molar-refractivity contribution >= 4 is 33.2 Å². The van der Waals surface area contributed by atoms with Gasteiger partial charge in [0.2, 0.25) is 34.4 Å². The van der Waals surface area contributed by atoms with Gasteiger partial charge in [0.25, 0.3) is 5.91 Å². The van der Waals surface area contributed by atoms with Crippen LogP contribution < -0.4 is 37.2 Å². The van der Waals surface area contributed by atoms with Gasteiger partial charge in [-0.1, -0.05) is 6.07 Å². The zero-order valence-corrected chi connectivity index (χ0v) is 24.6. The van der Waals surface area contributed by atoms with Gasteiger partial charge in [0.1, 0.15) is 17.0 Å². The molecule has 0 radical (unpaired) electrons. The third kappa shape index (κ3) is 3.05. The standard InChI is InChI=1S/C27H6F5NO14P2/c28-10-6(11(29)13(31)14(32)12(10)30)25(36)33-15-16(34)22-20-8-18(15)40-19-9(21-24-17(35)23(19)46-49(39,44-21)47-24)27(8)7-4(26(37)41-27)2-1-3-5(7)42-48(38,43-20)45-22/h1-3,34-35H,(H,33,36). The number of phenolic OH excluding ortho intramolecular Hbond substituents is 2. The van der Waals surface area contributed by atoms with Crippen LogP contribution in [0.25, 0.3) is 0 Å². The smallest absolute Gasteiger partial charge is 0.503 e. The third-order valence-corrected chi connectivity index (χ3v) is 10.7. The normalized spacial score (nSPS) is 24.4. The molecule has 15 nitrogen and oxygen atoms in total. The van der Waals surface area contributed by atoms with Gasteiger partial charge in [-0.3, -0.25) is 4.79 Å². The van der Waals surface area contributed by atoms with Crippen LogP contribution in [0.1, 0.15) is 37.4 Å². The second-order valence-electron chi connectivity index (χ2n) is 10.8. The van der Waals surface area contributed by atoms with E-state index in [1.807, 2.05) is 0 Å². The minimum absolute atomic E-state index is 0.246. The maximum atomic E-state index is 14.7. The molecule has 0 saturated heterocycles. The lowest BCUT2D eigenvalue weighted by molar-refractivity contribution is 0.0210. The third-order valence-electron chi connectivity index (χ3n) is 8.29.